The first kappa shape index (κ1) is 18.0. The number of nitrogens with zero attached hydrogens (tertiary/aromatic N) is 4. The first-order valence-corrected chi connectivity index (χ1v) is 10.0. The zero-order chi connectivity index (χ0) is 20.0. The van der Waals surface area contributed by atoms with Crippen molar-refractivity contribution in [2.24, 2.45) is 5.92 Å². The fourth-order valence-corrected chi connectivity index (χ4v) is 4.10. The van der Waals surface area contributed by atoms with Crippen LogP contribution < -0.4 is 10.2 Å². The molecule has 1 aromatic heterocycles. The minimum Gasteiger partial charge on any atom is -0.350 e. The minimum absolute atomic E-state index is 0.0909. The van der Waals surface area contributed by atoms with Gasteiger partial charge >= 0.3 is 0 Å². The summed E-state index contributed by atoms with van der Waals surface area (Å²) in [5.41, 5.74) is 1.84. The Morgan fingerprint density at radius 3 is 2.69 bits per heavy atom. The highest BCUT2D eigenvalue weighted by molar-refractivity contribution is 5.94. The first-order valence-electron chi connectivity index (χ1n) is 10.0. The number of fused-ring (bicyclic) bond motifs is 3. The highest BCUT2D eigenvalue weighted by Gasteiger charge is 2.37. The highest BCUT2D eigenvalue weighted by Crippen LogP contribution is 2.32. The van der Waals surface area contributed by atoms with Crippen LogP contribution in [0, 0.1) is 11.7 Å². The molecule has 1 aliphatic carbocycles. The molecule has 1 atom stereocenters. The van der Waals surface area contributed by atoms with E-state index in [-0.39, 0.29) is 23.7 Å². The van der Waals surface area contributed by atoms with Crippen LogP contribution in [0.25, 0.3) is 0 Å². The van der Waals surface area contributed by atoms with E-state index >= 15 is 0 Å². The third kappa shape index (κ3) is 3.54. The van der Waals surface area contributed by atoms with E-state index < -0.39 is 0 Å². The second-order valence-corrected chi connectivity index (χ2v) is 8.04. The summed E-state index contributed by atoms with van der Waals surface area (Å²) in [5.74, 6) is 0.799. The summed E-state index contributed by atoms with van der Waals surface area (Å²) in [6, 6.07) is 7.59. The zero-order valence-corrected chi connectivity index (χ0v) is 16.0. The second-order valence-electron chi connectivity index (χ2n) is 8.04. The number of hydrogen-bond donors (Lipinski definition) is 1. The van der Waals surface area contributed by atoms with Crippen LogP contribution in [-0.4, -0.2) is 59.1 Å². The largest absolute Gasteiger partial charge is 0.350 e. The van der Waals surface area contributed by atoms with Crippen molar-refractivity contribution in [3.05, 3.63) is 53.0 Å². The van der Waals surface area contributed by atoms with E-state index in [1.165, 1.54) is 37.1 Å². The molecule has 3 aliphatic rings. The molecule has 2 aromatic rings. The summed E-state index contributed by atoms with van der Waals surface area (Å²) in [7, 11) is 0. The quantitative estimate of drug-likeness (QED) is 0.852. The van der Waals surface area contributed by atoms with E-state index in [1.807, 2.05) is 6.07 Å². The monoisotopic (exact) mass is 395 g/mol. The smallest absolute Gasteiger partial charge is 0.271 e. The lowest BCUT2D eigenvalue weighted by molar-refractivity contribution is 0.0724. The molecule has 2 fully saturated rings. The van der Waals surface area contributed by atoms with Gasteiger partial charge in [-0.25, -0.2) is 4.39 Å². The predicted octanol–water partition coefficient (Wildman–Crippen LogP) is 1.64. The molecule has 150 valence electrons. The summed E-state index contributed by atoms with van der Waals surface area (Å²) < 4.78 is 13.1. The van der Waals surface area contributed by atoms with Crippen LogP contribution in [0.2, 0.25) is 0 Å². The third-order valence-electron chi connectivity index (χ3n) is 5.92. The van der Waals surface area contributed by atoms with Gasteiger partial charge in [-0.05, 0) is 55.5 Å². The Morgan fingerprint density at radius 2 is 1.93 bits per heavy atom. The standard InChI is InChI=1S/C21H22FN5O2/c22-16-5-3-14(4-6-16)21(29)26-7-8-27-17(12-26)9-15-10-18(24-25-19(15)27)20(28)23-11-13-1-2-13/h3-6,10,13,17H,1-2,7-9,11-12H2,(H,23,28). The molecule has 0 bridgehead atoms. The molecule has 3 heterocycles. The summed E-state index contributed by atoms with van der Waals surface area (Å²) in [4.78, 5) is 29.0. The van der Waals surface area contributed by atoms with Crippen molar-refractivity contribution in [2.45, 2.75) is 25.3 Å². The summed E-state index contributed by atoms with van der Waals surface area (Å²) >= 11 is 0. The maximum Gasteiger partial charge on any atom is 0.271 e. The maximum absolute atomic E-state index is 13.1. The third-order valence-corrected chi connectivity index (χ3v) is 5.92. The van der Waals surface area contributed by atoms with E-state index in [9.17, 15) is 14.0 Å². The van der Waals surface area contributed by atoms with Crippen molar-refractivity contribution in [1.29, 1.82) is 0 Å². The lowest BCUT2D eigenvalue weighted by Crippen LogP contribution is -2.53. The maximum atomic E-state index is 13.1. The number of carbonyl (C=O) groups is 2. The lowest BCUT2D eigenvalue weighted by Gasteiger charge is -2.38. The molecule has 1 aromatic carbocycles. The predicted molar refractivity (Wildman–Crippen MR) is 104 cm³/mol. The average molecular weight is 395 g/mol. The van der Waals surface area contributed by atoms with Gasteiger partial charge in [0.15, 0.2) is 11.5 Å². The number of hydrogen-bond acceptors (Lipinski definition) is 5. The van der Waals surface area contributed by atoms with Gasteiger partial charge in [0.05, 0.1) is 6.04 Å². The van der Waals surface area contributed by atoms with E-state index in [4.69, 9.17) is 0 Å². The van der Waals surface area contributed by atoms with Crippen molar-refractivity contribution in [3.8, 4) is 0 Å². The molecule has 1 saturated heterocycles. The van der Waals surface area contributed by atoms with Crippen molar-refractivity contribution in [2.75, 3.05) is 31.1 Å². The SMILES string of the molecule is O=C(NCC1CC1)c1cc2c(nn1)N1CCN(C(=O)c3ccc(F)cc3)CC1C2. The molecule has 2 aliphatic heterocycles. The zero-order valence-electron chi connectivity index (χ0n) is 16.0. The number of aromatic nitrogens is 2. The Labute approximate surface area is 167 Å². The van der Waals surface area contributed by atoms with Gasteiger partial charge in [-0.1, -0.05) is 0 Å². The molecular weight excluding hydrogens is 373 g/mol. The number of nitrogens with one attached hydrogen (secondary N) is 1. The van der Waals surface area contributed by atoms with Gasteiger partial charge in [0, 0.05) is 37.3 Å². The van der Waals surface area contributed by atoms with Crippen LogP contribution in [0.1, 0.15) is 39.3 Å². The minimum atomic E-state index is -0.354. The fraction of sp³-hybridized carbons (Fsp3) is 0.429. The molecule has 1 saturated carbocycles. The molecule has 0 spiro atoms. The van der Waals surface area contributed by atoms with Gasteiger partial charge < -0.3 is 15.1 Å². The van der Waals surface area contributed by atoms with Gasteiger partial charge in [0.2, 0.25) is 0 Å². The van der Waals surface area contributed by atoms with Crippen LogP contribution in [0.3, 0.4) is 0 Å². The number of amides is 2. The van der Waals surface area contributed by atoms with Crippen LogP contribution >= 0.6 is 0 Å². The molecule has 0 radical (unpaired) electrons. The molecule has 7 nitrogen and oxygen atoms in total. The van der Waals surface area contributed by atoms with Crippen LogP contribution in [-0.2, 0) is 6.42 Å². The fourth-order valence-electron chi connectivity index (χ4n) is 4.10. The molecule has 1 unspecified atom stereocenters. The van der Waals surface area contributed by atoms with Gasteiger partial charge in [0.25, 0.3) is 11.8 Å². The Kier molecular flexibility index (Phi) is 4.41. The molecule has 29 heavy (non-hydrogen) atoms. The van der Waals surface area contributed by atoms with Gasteiger partial charge in [-0.15, -0.1) is 10.2 Å². The number of piperazine rings is 1. The average Bonchev–Trinajstić information content (AvgIpc) is 3.50. The van der Waals surface area contributed by atoms with Crippen molar-refractivity contribution in [1.82, 2.24) is 20.4 Å². The van der Waals surface area contributed by atoms with Crippen molar-refractivity contribution in [3.63, 3.8) is 0 Å². The highest BCUT2D eigenvalue weighted by atomic mass is 19.1. The molecule has 8 heteroatoms. The molecule has 2 amide bonds. The molecule has 1 N–H and O–H groups in total. The van der Waals surface area contributed by atoms with Gasteiger partial charge in [-0.3, -0.25) is 9.59 Å². The second kappa shape index (κ2) is 7.09. The van der Waals surface area contributed by atoms with Crippen LogP contribution in [0.5, 0.6) is 0 Å². The van der Waals surface area contributed by atoms with Crippen LogP contribution in [0.4, 0.5) is 10.2 Å². The topological polar surface area (TPSA) is 78.4 Å². The van der Waals surface area contributed by atoms with E-state index in [1.54, 1.807) is 4.90 Å². The van der Waals surface area contributed by atoms with Crippen molar-refractivity contribution >= 4 is 17.6 Å². The lowest BCUT2D eigenvalue weighted by atomic mass is 10.1. The normalized spacial score (nSPS) is 20.2. The number of anilines is 1. The Bertz CT molecular complexity index is 960. The summed E-state index contributed by atoms with van der Waals surface area (Å²) in [6.07, 6.45) is 3.08. The molecular formula is C21H22FN5O2. The number of carbonyl (C=O) groups excluding carboxylic acids is 2. The van der Waals surface area contributed by atoms with E-state index in [0.29, 0.717) is 43.4 Å². The number of rotatable bonds is 4. The Morgan fingerprint density at radius 1 is 1.14 bits per heavy atom. The van der Waals surface area contributed by atoms with E-state index in [0.717, 1.165) is 17.8 Å². The molecule has 5 rings (SSSR count). The number of benzene rings is 1. The Hall–Kier alpha value is -3.03. The summed E-state index contributed by atoms with van der Waals surface area (Å²) in [6.45, 7) is 2.49. The first-order chi connectivity index (χ1) is 14.1. The summed E-state index contributed by atoms with van der Waals surface area (Å²) in [5, 5.41) is 11.4. The van der Waals surface area contributed by atoms with Gasteiger partial charge in [0.1, 0.15) is 5.82 Å². The van der Waals surface area contributed by atoms with E-state index in [2.05, 4.69) is 20.4 Å². The Balaban J connectivity index is 1.27. The van der Waals surface area contributed by atoms with Crippen molar-refractivity contribution < 1.29 is 14.0 Å². The van der Waals surface area contributed by atoms with Gasteiger partial charge in [-0.2, -0.15) is 0 Å². The number of halogens is 1. The van der Waals surface area contributed by atoms with Crippen LogP contribution in [0.15, 0.2) is 30.3 Å².